The summed E-state index contributed by atoms with van der Waals surface area (Å²) >= 11 is 0. The van der Waals surface area contributed by atoms with E-state index in [1.807, 2.05) is 0 Å². The Morgan fingerprint density at radius 3 is 2.50 bits per heavy atom. The second-order valence-electron chi connectivity index (χ2n) is 6.15. The predicted molar refractivity (Wildman–Crippen MR) is 93.6 cm³/mol. The molecule has 9 heteroatoms. The Morgan fingerprint density at radius 2 is 1.79 bits per heavy atom. The zero-order valence-electron chi connectivity index (χ0n) is 14.2. The van der Waals surface area contributed by atoms with Crippen LogP contribution in [-0.4, -0.2) is 19.3 Å². The van der Waals surface area contributed by atoms with Crippen LogP contribution in [0.1, 0.15) is 11.1 Å². The van der Waals surface area contributed by atoms with Crippen molar-refractivity contribution < 1.29 is 17.6 Å². The zero-order chi connectivity index (χ0) is 19.9. The lowest BCUT2D eigenvalue weighted by molar-refractivity contribution is -0.137. The third-order valence-corrected chi connectivity index (χ3v) is 4.23. The van der Waals surface area contributed by atoms with Gasteiger partial charge in [-0.1, -0.05) is 12.1 Å². The topological polar surface area (TPSA) is 52.7 Å². The number of rotatable bonds is 3. The standard InChI is InChI=1S/C19H12F4N4O/c20-14-4-6-15(7-5-14)27-17-16(9-25-27)18(28)26(11-24-17)10-12-2-1-3-13(8-12)19(21,22)23/h1-9,11H,10H2. The first kappa shape index (κ1) is 17.9. The van der Waals surface area contributed by atoms with Gasteiger partial charge in [0, 0.05) is 0 Å². The van der Waals surface area contributed by atoms with E-state index in [0.29, 0.717) is 11.3 Å². The molecule has 0 saturated heterocycles. The Kier molecular flexibility index (Phi) is 4.21. The van der Waals surface area contributed by atoms with Crippen LogP contribution in [-0.2, 0) is 12.7 Å². The maximum atomic E-state index is 13.1. The van der Waals surface area contributed by atoms with Crippen molar-refractivity contribution >= 4 is 11.0 Å². The fraction of sp³-hybridized carbons (Fsp3) is 0.105. The number of nitrogens with zero attached hydrogens (tertiary/aromatic N) is 4. The highest BCUT2D eigenvalue weighted by Gasteiger charge is 2.30. The summed E-state index contributed by atoms with van der Waals surface area (Å²) in [6.45, 7) is -0.0621. The van der Waals surface area contributed by atoms with Gasteiger partial charge in [-0.3, -0.25) is 9.36 Å². The van der Waals surface area contributed by atoms with Crippen LogP contribution in [0.25, 0.3) is 16.7 Å². The van der Waals surface area contributed by atoms with Crippen LogP contribution in [0.5, 0.6) is 0 Å². The summed E-state index contributed by atoms with van der Waals surface area (Å²) in [4.78, 5) is 16.9. The number of alkyl halides is 3. The molecule has 0 amide bonds. The van der Waals surface area contributed by atoms with E-state index >= 15 is 0 Å². The number of halogens is 4. The first-order valence-corrected chi connectivity index (χ1v) is 8.18. The summed E-state index contributed by atoms with van der Waals surface area (Å²) in [5.74, 6) is -0.406. The summed E-state index contributed by atoms with van der Waals surface area (Å²) in [6, 6.07) is 10.3. The lowest BCUT2D eigenvalue weighted by Gasteiger charge is -2.10. The zero-order valence-corrected chi connectivity index (χ0v) is 14.2. The van der Waals surface area contributed by atoms with Gasteiger partial charge >= 0.3 is 6.18 Å². The summed E-state index contributed by atoms with van der Waals surface area (Å²) < 4.78 is 54.3. The minimum absolute atomic E-state index is 0.0621. The summed E-state index contributed by atoms with van der Waals surface area (Å²) in [7, 11) is 0. The molecule has 0 aliphatic heterocycles. The van der Waals surface area contributed by atoms with E-state index in [4.69, 9.17) is 0 Å². The van der Waals surface area contributed by atoms with E-state index in [2.05, 4.69) is 10.1 Å². The lowest BCUT2D eigenvalue weighted by atomic mass is 10.1. The highest BCUT2D eigenvalue weighted by molar-refractivity contribution is 5.74. The van der Waals surface area contributed by atoms with Gasteiger partial charge in [0.25, 0.3) is 5.56 Å². The molecule has 0 bridgehead atoms. The number of fused-ring (bicyclic) bond motifs is 1. The number of hydrogen-bond acceptors (Lipinski definition) is 3. The molecule has 0 atom stereocenters. The molecule has 0 aliphatic rings. The molecule has 0 saturated carbocycles. The van der Waals surface area contributed by atoms with Gasteiger partial charge in [0.05, 0.1) is 24.0 Å². The molecular formula is C19H12F4N4O. The van der Waals surface area contributed by atoms with E-state index in [0.717, 1.165) is 12.1 Å². The third-order valence-electron chi connectivity index (χ3n) is 4.23. The summed E-state index contributed by atoms with van der Waals surface area (Å²) in [5, 5.41) is 4.33. The number of benzene rings is 2. The van der Waals surface area contributed by atoms with E-state index in [-0.39, 0.29) is 17.6 Å². The molecule has 0 spiro atoms. The first-order chi connectivity index (χ1) is 13.3. The molecule has 2 aromatic carbocycles. The Labute approximate surface area is 155 Å². The van der Waals surface area contributed by atoms with Gasteiger partial charge in [-0.05, 0) is 42.0 Å². The van der Waals surface area contributed by atoms with Crippen molar-refractivity contribution in [3.63, 3.8) is 0 Å². The minimum Gasteiger partial charge on any atom is -0.294 e. The average molecular weight is 388 g/mol. The van der Waals surface area contributed by atoms with E-state index in [1.165, 1.54) is 58.2 Å². The van der Waals surface area contributed by atoms with Crippen LogP contribution in [0.2, 0.25) is 0 Å². The van der Waals surface area contributed by atoms with Gasteiger partial charge in [0.15, 0.2) is 5.65 Å². The van der Waals surface area contributed by atoms with E-state index in [1.54, 1.807) is 0 Å². The fourth-order valence-electron chi connectivity index (χ4n) is 2.88. The Hall–Kier alpha value is -3.49. The van der Waals surface area contributed by atoms with Crippen molar-refractivity contribution in [3.05, 3.63) is 88.4 Å². The van der Waals surface area contributed by atoms with Crippen molar-refractivity contribution in [2.75, 3.05) is 0 Å². The molecule has 0 fully saturated rings. The number of aromatic nitrogens is 4. The van der Waals surface area contributed by atoms with Crippen molar-refractivity contribution in [3.8, 4) is 5.69 Å². The molecule has 2 heterocycles. The van der Waals surface area contributed by atoms with Gasteiger partial charge in [-0.15, -0.1) is 0 Å². The monoisotopic (exact) mass is 388 g/mol. The normalized spacial score (nSPS) is 11.9. The van der Waals surface area contributed by atoms with Gasteiger partial charge in [-0.2, -0.15) is 18.3 Å². The van der Waals surface area contributed by atoms with Crippen molar-refractivity contribution in [1.82, 2.24) is 19.3 Å². The van der Waals surface area contributed by atoms with Crippen LogP contribution in [0.3, 0.4) is 0 Å². The smallest absolute Gasteiger partial charge is 0.294 e. The first-order valence-electron chi connectivity index (χ1n) is 8.18. The molecule has 0 unspecified atom stereocenters. The molecule has 142 valence electrons. The Bertz CT molecular complexity index is 1210. The maximum absolute atomic E-state index is 13.1. The molecular weight excluding hydrogens is 376 g/mol. The van der Waals surface area contributed by atoms with Crippen molar-refractivity contribution in [2.45, 2.75) is 12.7 Å². The molecule has 0 N–H and O–H groups in total. The van der Waals surface area contributed by atoms with Gasteiger partial charge < -0.3 is 0 Å². The van der Waals surface area contributed by atoms with Crippen LogP contribution in [0, 0.1) is 5.82 Å². The molecule has 5 nitrogen and oxygen atoms in total. The second kappa shape index (κ2) is 6.59. The van der Waals surface area contributed by atoms with Crippen molar-refractivity contribution in [2.24, 2.45) is 0 Å². The molecule has 0 aliphatic carbocycles. The Morgan fingerprint density at radius 1 is 1.04 bits per heavy atom. The highest BCUT2D eigenvalue weighted by Crippen LogP contribution is 2.29. The average Bonchev–Trinajstić information content (AvgIpc) is 3.09. The van der Waals surface area contributed by atoms with Crippen LogP contribution in [0.4, 0.5) is 17.6 Å². The van der Waals surface area contributed by atoms with Gasteiger partial charge in [0.2, 0.25) is 0 Å². The molecule has 4 aromatic rings. The SMILES string of the molecule is O=c1c2cnn(-c3ccc(F)cc3)c2ncn1Cc1cccc(C(F)(F)F)c1. The van der Waals surface area contributed by atoms with Crippen LogP contribution >= 0.6 is 0 Å². The van der Waals surface area contributed by atoms with Crippen LogP contribution in [0.15, 0.2) is 65.8 Å². The van der Waals surface area contributed by atoms with E-state index < -0.39 is 23.1 Å². The minimum atomic E-state index is -4.46. The highest BCUT2D eigenvalue weighted by atomic mass is 19.4. The lowest BCUT2D eigenvalue weighted by Crippen LogP contribution is -2.21. The van der Waals surface area contributed by atoms with Crippen molar-refractivity contribution in [1.29, 1.82) is 0 Å². The molecule has 2 aromatic heterocycles. The fourth-order valence-corrected chi connectivity index (χ4v) is 2.88. The Balaban J connectivity index is 1.72. The van der Waals surface area contributed by atoms with Gasteiger partial charge in [0.1, 0.15) is 17.5 Å². The molecule has 4 rings (SSSR count). The largest absolute Gasteiger partial charge is 0.416 e. The molecule has 28 heavy (non-hydrogen) atoms. The number of hydrogen-bond donors (Lipinski definition) is 0. The van der Waals surface area contributed by atoms with Gasteiger partial charge in [-0.25, -0.2) is 14.1 Å². The van der Waals surface area contributed by atoms with E-state index in [9.17, 15) is 22.4 Å². The third kappa shape index (κ3) is 3.26. The second-order valence-corrected chi connectivity index (χ2v) is 6.15. The summed E-state index contributed by atoms with van der Waals surface area (Å²) in [6.07, 6.45) is -1.87. The summed E-state index contributed by atoms with van der Waals surface area (Å²) in [5.41, 5.74) is -0.0909. The molecule has 0 radical (unpaired) electrons. The quantitative estimate of drug-likeness (QED) is 0.502. The predicted octanol–water partition coefficient (Wildman–Crippen LogP) is 3.79. The van der Waals surface area contributed by atoms with Crippen LogP contribution < -0.4 is 5.56 Å². The maximum Gasteiger partial charge on any atom is 0.416 e.